The number of likely N-dealkylation sites (tertiary alicyclic amines) is 1. The van der Waals surface area contributed by atoms with E-state index >= 15 is 0 Å². The van der Waals surface area contributed by atoms with Crippen LogP contribution >= 0.6 is 0 Å². The van der Waals surface area contributed by atoms with Crippen molar-refractivity contribution in [2.75, 3.05) is 6.54 Å². The molecule has 4 nitrogen and oxygen atoms in total. The first-order valence-electron chi connectivity index (χ1n) is 6.64. The van der Waals surface area contributed by atoms with Gasteiger partial charge in [0.05, 0.1) is 6.10 Å². The molecule has 1 fully saturated rings. The van der Waals surface area contributed by atoms with Crippen molar-refractivity contribution in [2.24, 2.45) is 0 Å². The highest BCUT2D eigenvalue weighted by atomic mass is 19.1. The first-order chi connectivity index (χ1) is 9.72. The zero-order chi connectivity index (χ0) is 13.9. The Kier molecular flexibility index (Phi) is 3.71. The quantitative estimate of drug-likeness (QED) is 0.928. The first-order valence-corrected chi connectivity index (χ1v) is 6.64. The first kappa shape index (κ1) is 13.1. The van der Waals surface area contributed by atoms with Crippen LogP contribution in [-0.4, -0.2) is 32.6 Å². The summed E-state index contributed by atoms with van der Waals surface area (Å²) < 4.78 is 13.0. The number of β-amino-alcohol motifs (C(OH)–C–C–N with tert-alkyl or cyclic N) is 1. The molecule has 0 amide bonds. The minimum absolute atomic E-state index is 0.103. The Morgan fingerprint density at radius 3 is 2.60 bits per heavy atom. The molecular formula is C15H16FN3O. The molecular weight excluding hydrogens is 257 g/mol. The summed E-state index contributed by atoms with van der Waals surface area (Å²) in [6.45, 7) is 1.29. The summed E-state index contributed by atoms with van der Waals surface area (Å²) in [6, 6.07) is 6.60. The molecule has 2 aromatic rings. The number of nitrogens with zero attached hydrogens (tertiary/aromatic N) is 3. The number of hydrogen-bond donors (Lipinski definition) is 1. The Hall–Kier alpha value is -1.85. The molecule has 1 aromatic heterocycles. The molecule has 0 unspecified atom stereocenters. The number of rotatable bonds is 3. The molecule has 0 bridgehead atoms. The zero-order valence-corrected chi connectivity index (χ0v) is 11.0. The van der Waals surface area contributed by atoms with Gasteiger partial charge in [0.1, 0.15) is 12.1 Å². The van der Waals surface area contributed by atoms with E-state index in [1.54, 1.807) is 24.5 Å². The Labute approximate surface area is 116 Å². The van der Waals surface area contributed by atoms with E-state index in [1.165, 1.54) is 18.5 Å². The summed E-state index contributed by atoms with van der Waals surface area (Å²) in [5.74, 6) is -0.240. The number of aromatic nitrogens is 2. The van der Waals surface area contributed by atoms with Gasteiger partial charge in [-0.15, -0.1) is 0 Å². The van der Waals surface area contributed by atoms with Gasteiger partial charge in [0.25, 0.3) is 0 Å². The number of halogens is 1. The summed E-state index contributed by atoms with van der Waals surface area (Å²) in [7, 11) is 0. The fraction of sp³-hybridized carbons (Fsp3) is 0.333. The standard InChI is InChI=1S/C15H16FN3O/c16-13-3-1-12(2-4-13)15-5-14(20)9-19(15)8-11-6-17-10-18-7-11/h1-4,6-7,10,14-15,20H,5,8-9H2/t14-,15-/m1/s1. The molecule has 1 N–H and O–H groups in total. The van der Waals surface area contributed by atoms with Crippen molar-refractivity contribution < 1.29 is 9.50 Å². The van der Waals surface area contributed by atoms with Crippen LogP contribution in [0.25, 0.3) is 0 Å². The minimum atomic E-state index is -0.352. The van der Waals surface area contributed by atoms with Crippen LogP contribution in [0.4, 0.5) is 4.39 Å². The van der Waals surface area contributed by atoms with Gasteiger partial charge in [-0.2, -0.15) is 0 Å². The van der Waals surface area contributed by atoms with Gasteiger partial charge in [0.2, 0.25) is 0 Å². The van der Waals surface area contributed by atoms with Crippen LogP contribution in [0.15, 0.2) is 43.0 Å². The predicted molar refractivity (Wildman–Crippen MR) is 72.2 cm³/mol. The molecule has 2 atom stereocenters. The molecule has 5 heteroatoms. The lowest BCUT2D eigenvalue weighted by molar-refractivity contribution is 0.172. The van der Waals surface area contributed by atoms with E-state index in [-0.39, 0.29) is 18.0 Å². The Bertz CT molecular complexity index is 561. The van der Waals surface area contributed by atoms with Crippen molar-refractivity contribution in [1.29, 1.82) is 0 Å². The molecule has 0 spiro atoms. The van der Waals surface area contributed by atoms with Gasteiger partial charge in [0.15, 0.2) is 0 Å². The number of aliphatic hydroxyl groups is 1. The predicted octanol–water partition coefficient (Wildman–Crippen LogP) is 1.92. The molecule has 1 aliphatic rings. The van der Waals surface area contributed by atoms with Crippen molar-refractivity contribution in [3.8, 4) is 0 Å². The van der Waals surface area contributed by atoms with Crippen LogP contribution in [0, 0.1) is 5.82 Å². The van der Waals surface area contributed by atoms with Crippen molar-refractivity contribution >= 4 is 0 Å². The van der Waals surface area contributed by atoms with Gasteiger partial charge in [-0.25, -0.2) is 14.4 Å². The molecule has 1 aliphatic heterocycles. The molecule has 1 saturated heterocycles. The summed E-state index contributed by atoms with van der Waals surface area (Å²) in [4.78, 5) is 10.2. The second-order valence-electron chi connectivity index (χ2n) is 5.13. The minimum Gasteiger partial charge on any atom is -0.392 e. The van der Waals surface area contributed by atoms with Gasteiger partial charge in [-0.3, -0.25) is 4.90 Å². The number of benzene rings is 1. The highest BCUT2D eigenvalue weighted by molar-refractivity contribution is 5.22. The van der Waals surface area contributed by atoms with Crippen LogP contribution in [0.2, 0.25) is 0 Å². The average molecular weight is 273 g/mol. The third-order valence-corrected chi connectivity index (χ3v) is 3.64. The monoisotopic (exact) mass is 273 g/mol. The smallest absolute Gasteiger partial charge is 0.123 e. The van der Waals surface area contributed by atoms with Gasteiger partial charge in [-0.05, 0) is 24.1 Å². The number of aliphatic hydroxyl groups excluding tert-OH is 1. The van der Waals surface area contributed by atoms with E-state index < -0.39 is 0 Å². The second kappa shape index (κ2) is 5.64. The van der Waals surface area contributed by atoms with Gasteiger partial charge < -0.3 is 5.11 Å². The van der Waals surface area contributed by atoms with E-state index in [0.29, 0.717) is 19.5 Å². The maximum Gasteiger partial charge on any atom is 0.123 e. The van der Waals surface area contributed by atoms with E-state index in [2.05, 4.69) is 14.9 Å². The molecule has 0 saturated carbocycles. The van der Waals surface area contributed by atoms with Gasteiger partial charge >= 0.3 is 0 Å². The molecule has 0 radical (unpaired) electrons. The molecule has 3 rings (SSSR count). The SMILES string of the molecule is O[C@@H]1C[C@H](c2ccc(F)cc2)N(Cc2cncnc2)C1. The lowest BCUT2D eigenvalue weighted by Crippen LogP contribution is -2.24. The van der Waals surface area contributed by atoms with Crippen molar-refractivity contribution in [3.05, 3.63) is 59.9 Å². The normalized spacial score (nSPS) is 23.1. The van der Waals surface area contributed by atoms with E-state index in [0.717, 1.165) is 11.1 Å². The summed E-state index contributed by atoms with van der Waals surface area (Å²) in [6.07, 6.45) is 5.37. The van der Waals surface area contributed by atoms with Crippen LogP contribution in [0.5, 0.6) is 0 Å². The Morgan fingerprint density at radius 2 is 1.90 bits per heavy atom. The van der Waals surface area contributed by atoms with Gasteiger partial charge in [0, 0.05) is 37.1 Å². The van der Waals surface area contributed by atoms with E-state index in [4.69, 9.17) is 0 Å². The van der Waals surface area contributed by atoms with Crippen molar-refractivity contribution in [1.82, 2.24) is 14.9 Å². The molecule has 0 aliphatic carbocycles. The van der Waals surface area contributed by atoms with Crippen LogP contribution < -0.4 is 0 Å². The maximum atomic E-state index is 13.0. The largest absolute Gasteiger partial charge is 0.392 e. The lowest BCUT2D eigenvalue weighted by Gasteiger charge is -2.24. The number of hydrogen-bond acceptors (Lipinski definition) is 4. The molecule has 104 valence electrons. The highest BCUT2D eigenvalue weighted by Gasteiger charge is 2.31. The summed E-state index contributed by atoms with van der Waals surface area (Å²) >= 11 is 0. The third kappa shape index (κ3) is 2.84. The van der Waals surface area contributed by atoms with E-state index in [9.17, 15) is 9.50 Å². The van der Waals surface area contributed by atoms with Crippen molar-refractivity contribution in [3.63, 3.8) is 0 Å². The molecule has 2 heterocycles. The highest BCUT2D eigenvalue weighted by Crippen LogP contribution is 2.33. The average Bonchev–Trinajstić information content (AvgIpc) is 2.81. The van der Waals surface area contributed by atoms with Crippen LogP contribution in [0.1, 0.15) is 23.6 Å². The topological polar surface area (TPSA) is 49.2 Å². The van der Waals surface area contributed by atoms with Crippen LogP contribution in [-0.2, 0) is 6.54 Å². The van der Waals surface area contributed by atoms with Gasteiger partial charge in [-0.1, -0.05) is 12.1 Å². The molecule has 20 heavy (non-hydrogen) atoms. The summed E-state index contributed by atoms with van der Waals surface area (Å²) in [5.41, 5.74) is 2.04. The summed E-state index contributed by atoms with van der Waals surface area (Å²) in [5, 5.41) is 9.92. The Morgan fingerprint density at radius 1 is 1.20 bits per heavy atom. The van der Waals surface area contributed by atoms with Crippen molar-refractivity contribution in [2.45, 2.75) is 25.1 Å². The van der Waals surface area contributed by atoms with E-state index in [1.807, 2.05) is 0 Å². The maximum absolute atomic E-state index is 13.0. The molecule has 1 aromatic carbocycles. The lowest BCUT2D eigenvalue weighted by atomic mass is 10.0. The fourth-order valence-corrected chi connectivity index (χ4v) is 2.73. The van der Waals surface area contributed by atoms with Crippen LogP contribution in [0.3, 0.4) is 0 Å². The third-order valence-electron chi connectivity index (χ3n) is 3.64. The Balaban J connectivity index is 1.80. The second-order valence-corrected chi connectivity index (χ2v) is 5.13. The fourth-order valence-electron chi connectivity index (χ4n) is 2.73. The zero-order valence-electron chi connectivity index (χ0n) is 11.0.